The summed E-state index contributed by atoms with van der Waals surface area (Å²) in [6.45, 7) is 5.66. The Balaban J connectivity index is 1.56. The molecule has 1 atom stereocenters. The molecule has 1 saturated heterocycles. The second-order valence-electron chi connectivity index (χ2n) is 7.28. The molecule has 0 bridgehead atoms. The number of amides is 1. The lowest BCUT2D eigenvalue weighted by Gasteiger charge is -2.37. The molecule has 0 aliphatic carbocycles. The van der Waals surface area contributed by atoms with Gasteiger partial charge in [0.25, 0.3) is 0 Å². The average Bonchev–Trinajstić information content (AvgIpc) is 2.76. The Hall–Kier alpha value is -2.35. The van der Waals surface area contributed by atoms with Crippen LogP contribution < -0.4 is 14.8 Å². The van der Waals surface area contributed by atoms with Gasteiger partial charge in [-0.25, -0.2) is 4.39 Å². The van der Waals surface area contributed by atoms with Crippen LogP contribution in [0.1, 0.15) is 12.5 Å². The second-order valence-corrected chi connectivity index (χ2v) is 7.72. The van der Waals surface area contributed by atoms with Crippen molar-refractivity contribution in [3.8, 4) is 11.5 Å². The zero-order valence-electron chi connectivity index (χ0n) is 17.5. The van der Waals surface area contributed by atoms with Crippen LogP contribution in [0.5, 0.6) is 11.5 Å². The third kappa shape index (κ3) is 5.41. The highest BCUT2D eigenvalue weighted by atomic mass is 35.5. The van der Waals surface area contributed by atoms with E-state index in [2.05, 4.69) is 15.1 Å². The Bertz CT molecular complexity index is 888. The topological polar surface area (TPSA) is 54.0 Å². The first-order valence-electron chi connectivity index (χ1n) is 9.84. The Kier molecular flexibility index (Phi) is 7.53. The maximum atomic E-state index is 13.9. The van der Waals surface area contributed by atoms with Crippen molar-refractivity contribution in [1.29, 1.82) is 0 Å². The summed E-state index contributed by atoms with van der Waals surface area (Å²) in [5.74, 6) is 0.869. The molecule has 1 aliphatic heterocycles. The van der Waals surface area contributed by atoms with E-state index in [0.29, 0.717) is 5.02 Å². The SMILES string of the molecule is COc1ccc(OC)c(CN2CCN(C(C)C(=O)Nc3cc(Cl)ccc3F)CC2)c1. The predicted octanol–water partition coefficient (Wildman–Crippen LogP) is 3.64. The molecule has 6 nitrogen and oxygen atoms in total. The van der Waals surface area contributed by atoms with Gasteiger partial charge >= 0.3 is 0 Å². The maximum Gasteiger partial charge on any atom is 0.241 e. The molecule has 8 heteroatoms. The lowest BCUT2D eigenvalue weighted by atomic mass is 10.1. The largest absolute Gasteiger partial charge is 0.497 e. The van der Waals surface area contributed by atoms with Crippen molar-refractivity contribution in [3.63, 3.8) is 0 Å². The van der Waals surface area contributed by atoms with E-state index in [-0.39, 0.29) is 17.6 Å². The van der Waals surface area contributed by atoms with E-state index >= 15 is 0 Å². The monoisotopic (exact) mass is 435 g/mol. The third-order valence-electron chi connectivity index (χ3n) is 5.40. The Morgan fingerprint density at radius 3 is 2.53 bits per heavy atom. The van der Waals surface area contributed by atoms with Crippen molar-refractivity contribution in [3.05, 3.63) is 52.8 Å². The fraction of sp³-hybridized carbons (Fsp3) is 0.409. The highest BCUT2D eigenvalue weighted by Gasteiger charge is 2.26. The number of carbonyl (C=O) groups is 1. The highest BCUT2D eigenvalue weighted by Crippen LogP contribution is 2.26. The number of carbonyl (C=O) groups excluding carboxylic acids is 1. The van der Waals surface area contributed by atoms with Gasteiger partial charge in [-0.1, -0.05) is 11.6 Å². The molecule has 1 unspecified atom stereocenters. The maximum absolute atomic E-state index is 13.9. The van der Waals surface area contributed by atoms with Crippen LogP contribution in [0, 0.1) is 5.82 Å². The standard InChI is InChI=1S/C22H27ClFN3O3/c1-15(22(28)25-20-13-17(23)4-6-19(20)24)27-10-8-26(9-11-27)14-16-12-18(29-2)5-7-21(16)30-3/h4-7,12-13,15H,8-11,14H2,1-3H3,(H,25,28). The third-order valence-corrected chi connectivity index (χ3v) is 5.64. The van der Waals surface area contributed by atoms with Gasteiger partial charge in [-0.3, -0.25) is 14.6 Å². The van der Waals surface area contributed by atoms with Crippen molar-refractivity contribution < 1.29 is 18.7 Å². The second kappa shape index (κ2) is 10.1. The van der Waals surface area contributed by atoms with Crippen molar-refractivity contribution in [2.24, 2.45) is 0 Å². The molecular weight excluding hydrogens is 409 g/mol. The van der Waals surface area contributed by atoms with Crippen LogP contribution >= 0.6 is 11.6 Å². The molecule has 0 aromatic heterocycles. The number of methoxy groups -OCH3 is 2. The summed E-state index contributed by atoms with van der Waals surface area (Å²) >= 11 is 5.90. The summed E-state index contributed by atoms with van der Waals surface area (Å²) < 4.78 is 24.7. The van der Waals surface area contributed by atoms with Crippen molar-refractivity contribution in [2.75, 3.05) is 45.7 Å². The highest BCUT2D eigenvalue weighted by molar-refractivity contribution is 6.30. The Labute approximate surface area is 181 Å². The van der Waals surface area contributed by atoms with Crippen LogP contribution in [0.3, 0.4) is 0 Å². The van der Waals surface area contributed by atoms with E-state index in [9.17, 15) is 9.18 Å². The van der Waals surface area contributed by atoms with Crippen LogP contribution in [-0.4, -0.2) is 62.1 Å². The van der Waals surface area contributed by atoms with Crippen molar-refractivity contribution >= 4 is 23.2 Å². The van der Waals surface area contributed by atoms with E-state index in [1.165, 1.54) is 18.2 Å². The molecule has 0 radical (unpaired) electrons. The van der Waals surface area contributed by atoms with E-state index in [1.807, 2.05) is 25.1 Å². The number of hydrogen-bond acceptors (Lipinski definition) is 5. The molecule has 1 amide bonds. The molecule has 1 fully saturated rings. The molecule has 2 aromatic rings. The molecule has 1 heterocycles. The van der Waals surface area contributed by atoms with Crippen LogP contribution in [0.4, 0.5) is 10.1 Å². The van der Waals surface area contributed by atoms with Gasteiger partial charge in [0.05, 0.1) is 25.9 Å². The first-order chi connectivity index (χ1) is 14.4. The van der Waals surface area contributed by atoms with Gasteiger partial charge in [0.15, 0.2) is 0 Å². The summed E-state index contributed by atoms with van der Waals surface area (Å²) in [5.41, 5.74) is 1.16. The van der Waals surface area contributed by atoms with E-state index in [4.69, 9.17) is 21.1 Å². The molecule has 1 aliphatic rings. The first kappa shape index (κ1) is 22.3. The average molecular weight is 436 g/mol. The van der Waals surface area contributed by atoms with Crippen molar-refractivity contribution in [2.45, 2.75) is 19.5 Å². The minimum atomic E-state index is -0.503. The lowest BCUT2D eigenvalue weighted by molar-refractivity contribution is -0.121. The molecule has 0 spiro atoms. The van der Waals surface area contributed by atoms with Crippen LogP contribution in [-0.2, 0) is 11.3 Å². The molecule has 1 N–H and O–H groups in total. The molecule has 3 rings (SSSR count). The number of halogens is 2. The number of nitrogens with zero attached hydrogens (tertiary/aromatic N) is 2. The van der Waals surface area contributed by atoms with Gasteiger partial charge in [-0.2, -0.15) is 0 Å². The summed E-state index contributed by atoms with van der Waals surface area (Å²) in [6, 6.07) is 9.51. The normalized spacial score (nSPS) is 16.2. The fourth-order valence-corrected chi connectivity index (χ4v) is 3.72. The summed E-state index contributed by atoms with van der Waals surface area (Å²) in [7, 11) is 3.30. The zero-order chi connectivity index (χ0) is 21.7. The molecule has 0 saturated carbocycles. The number of nitrogens with one attached hydrogen (secondary N) is 1. The number of anilines is 1. The Morgan fingerprint density at radius 1 is 1.13 bits per heavy atom. The van der Waals surface area contributed by atoms with Gasteiger partial charge in [0.1, 0.15) is 17.3 Å². The van der Waals surface area contributed by atoms with E-state index in [0.717, 1.165) is 49.8 Å². The number of benzene rings is 2. The number of hydrogen-bond donors (Lipinski definition) is 1. The van der Waals surface area contributed by atoms with E-state index < -0.39 is 5.82 Å². The smallest absolute Gasteiger partial charge is 0.241 e. The summed E-state index contributed by atoms with van der Waals surface area (Å²) in [6.07, 6.45) is 0. The summed E-state index contributed by atoms with van der Waals surface area (Å²) in [5, 5.41) is 3.02. The van der Waals surface area contributed by atoms with Gasteiger partial charge in [-0.05, 0) is 43.3 Å². The molecule has 30 heavy (non-hydrogen) atoms. The predicted molar refractivity (Wildman–Crippen MR) is 116 cm³/mol. The zero-order valence-corrected chi connectivity index (χ0v) is 18.2. The van der Waals surface area contributed by atoms with Gasteiger partial charge < -0.3 is 14.8 Å². The van der Waals surface area contributed by atoms with Crippen molar-refractivity contribution in [1.82, 2.24) is 9.80 Å². The quantitative estimate of drug-likeness (QED) is 0.719. The van der Waals surface area contributed by atoms with Gasteiger partial charge in [-0.15, -0.1) is 0 Å². The summed E-state index contributed by atoms with van der Waals surface area (Å²) in [4.78, 5) is 17.0. The molecule has 2 aromatic carbocycles. The van der Waals surface area contributed by atoms with Crippen LogP contribution in [0.15, 0.2) is 36.4 Å². The fourth-order valence-electron chi connectivity index (χ4n) is 3.55. The molecular formula is C22H27ClFN3O3. The number of rotatable bonds is 7. The van der Waals surface area contributed by atoms with E-state index in [1.54, 1.807) is 14.2 Å². The van der Waals surface area contributed by atoms with Crippen LogP contribution in [0.25, 0.3) is 0 Å². The number of piperazine rings is 1. The lowest BCUT2D eigenvalue weighted by Crippen LogP contribution is -2.52. The minimum absolute atomic E-state index is 0.100. The van der Waals surface area contributed by atoms with Gasteiger partial charge in [0, 0.05) is 43.3 Å². The molecule has 162 valence electrons. The minimum Gasteiger partial charge on any atom is -0.497 e. The Morgan fingerprint density at radius 2 is 1.87 bits per heavy atom. The number of ether oxygens (including phenoxy) is 2. The first-order valence-corrected chi connectivity index (χ1v) is 10.2. The van der Waals surface area contributed by atoms with Gasteiger partial charge in [0.2, 0.25) is 5.91 Å². The van der Waals surface area contributed by atoms with Crippen LogP contribution in [0.2, 0.25) is 5.02 Å².